The SMILES string of the molecule is COc1ccc(CCC(=O)N2CCC(c3cccc(Cc4cccc(F)c4)n3)CC2)cc1. The number of methoxy groups -OCH3 is 1. The Morgan fingerprint density at radius 3 is 2.50 bits per heavy atom. The molecule has 2 heterocycles. The van der Waals surface area contributed by atoms with E-state index in [1.807, 2.05) is 47.4 Å². The fourth-order valence-electron chi connectivity index (χ4n) is 4.31. The topological polar surface area (TPSA) is 42.4 Å². The molecule has 1 aliphatic rings. The maximum atomic E-state index is 13.5. The summed E-state index contributed by atoms with van der Waals surface area (Å²) in [5.74, 6) is 1.18. The summed E-state index contributed by atoms with van der Waals surface area (Å²) in [6.07, 6.45) is 3.73. The van der Waals surface area contributed by atoms with Crippen LogP contribution in [-0.2, 0) is 17.6 Å². The maximum Gasteiger partial charge on any atom is 0.222 e. The number of halogens is 1. The Morgan fingerprint density at radius 2 is 1.78 bits per heavy atom. The smallest absolute Gasteiger partial charge is 0.222 e. The number of hydrogen-bond acceptors (Lipinski definition) is 3. The van der Waals surface area contributed by atoms with Crippen LogP contribution in [-0.4, -0.2) is 36.0 Å². The highest BCUT2D eigenvalue weighted by Crippen LogP contribution is 2.27. The molecule has 166 valence electrons. The second kappa shape index (κ2) is 10.4. The molecule has 3 aromatic rings. The quantitative estimate of drug-likeness (QED) is 0.518. The summed E-state index contributed by atoms with van der Waals surface area (Å²) in [5, 5.41) is 0. The zero-order valence-electron chi connectivity index (χ0n) is 18.5. The molecule has 0 atom stereocenters. The fourth-order valence-corrected chi connectivity index (χ4v) is 4.31. The molecular weight excluding hydrogens is 403 g/mol. The molecule has 1 saturated heterocycles. The molecule has 1 aromatic heterocycles. The minimum Gasteiger partial charge on any atom is -0.497 e. The highest BCUT2D eigenvalue weighted by atomic mass is 19.1. The largest absolute Gasteiger partial charge is 0.497 e. The molecule has 0 spiro atoms. The van der Waals surface area contributed by atoms with Crippen LogP contribution < -0.4 is 4.74 Å². The molecular formula is C27H29FN2O2. The summed E-state index contributed by atoms with van der Waals surface area (Å²) in [7, 11) is 1.65. The number of nitrogens with zero attached hydrogens (tertiary/aromatic N) is 2. The molecule has 2 aromatic carbocycles. The summed E-state index contributed by atoms with van der Waals surface area (Å²) >= 11 is 0. The summed E-state index contributed by atoms with van der Waals surface area (Å²) in [6, 6.07) is 20.7. The molecule has 0 bridgehead atoms. The Morgan fingerprint density at radius 1 is 1.03 bits per heavy atom. The molecule has 1 aliphatic heterocycles. The van der Waals surface area contributed by atoms with E-state index >= 15 is 0 Å². The molecule has 4 nitrogen and oxygen atoms in total. The second-order valence-electron chi connectivity index (χ2n) is 8.36. The summed E-state index contributed by atoms with van der Waals surface area (Å²) in [6.45, 7) is 1.53. The number of amides is 1. The van der Waals surface area contributed by atoms with Crippen molar-refractivity contribution >= 4 is 5.91 Å². The van der Waals surface area contributed by atoms with Gasteiger partial charge in [0, 0.05) is 43.2 Å². The predicted molar refractivity (Wildman–Crippen MR) is 123 cm³/mol. The van der Waals surface area contributed by atoms with E-state index in [0.29, 0.717) is 18.8 Å². The Bertz CT molecular complexity index is 1040. The number of pyridine rings is 1. The van der Waals surface area contributed by atoms with Gasteiger partial charge in [0.1, 0.15) is 11.6 Å². The minimum atomic E-state index is -0.220. The summed E-state index contributed by atoms with van der Waals surface area (Å²) in [4.78, 5) is 19.5. The number of rotatable bonds is 7. The second-order valence-corrected chi connectivity index (χ2v) is 8.36. The minimum absolute atomic E-state index is 0.215. The van der Waals surface area contributed by atoms with Gasteiger partial charge in [-0.05, 0) is 66.8 Å². The first-order valence-corrected chi connectivity index (χ1v) is 11.2. The first kappa shape index (κ1) is 22.0. The molecule has 1 amide bonds. The van der Waals surface area contributed by atoms with Crippen LogP contribution in [0.4, 0.5) is 4.39 Å². The fraction of sp³-hybridized carbons (Fsp3) is 0.333. The first-order chi connectivity index (χ1) is 15.6. The Hall–Kier alpha value is -3.21. The molecule has 0 unspecified atom stereocenters. The lowest BCUT2D eigenvalue weighted by Gasteiger charge is -2.32. The van der Waals surface area contributed by atoms with E-state index in [-0.39, 0.29) is 11.7 Å². The predicted octanol–water partition coefficient (Wildman–Crippen LogP) is 5.16. The van der Waals surface area contributed by atoms with Crippen molar-refractivity contribution in [1.82, 2.24) is 9.88 Å². The van der Waals surface area contributed by atoms with Crippen LogP contribution in [0.5, 0.6) is 5.75 Å². The van der Waals surface area contributed by atoms with Crippen LogP contribution in [0.1, 0.15) is 47.7 Å². The summed E-state index contributed by atoms with van der Waals surface area (Å²) < 4.78 is 18.6. The van der Waals surface area contributed by atoms with Gasteiger partial charge in [0.25, 0.3) is 0 Å². The van der Waals surface area contributed by atoms with E-state index in [9.17, 15) is 9.18 Å². The number of hydrogen-bond donors (Lipinski definition) is 0. The van der Waals surface area contributed by atoms with Crippen LogP contribution in [0.25, 0.3) is 0 Å². The molecule has 4 rings (SSSR count). The van der Waals surface area contributed by atoms with Crippen molar-refractivity contribution in [3.05, 3.63) is 95.1 Å². The summed E-state index contributed by atoms with van der Waals surface area (Å²) in [5.41, 5.74) is 4.09. The average Bonchev–Trinajstić information content (AvgIpc) is 2.83. The van der Waals surface area contributed by atoms with Crippen molar-refractivity contribution in [2.45, 2.75) is 38.0 Å². The van der Waals surface area contributed by atoms with E-state index in [4.69, 9.17) is 9.72 Å². The number of aromatic nitrogens is 1. The standard InChI is InChI=1S/C27H29FN2O2/c1-32-25-11-8-20(9-12-25)10-13-27(31)30-16-14-22(15-17-30)26-7-3-6-24(29-26)19-21-4-2-5-23(28)18-21/h2-9,11-12,18,22H,10,13-17,19H2,1H3. The highest BCUT2D eigenvalue weighted by molar-refractivity contribution is 5.76. The molecule has 32 heavy (non-hydrogen) atoms. The lowest BCUT2D eigenvalue weighted by atomic mass is 9.92. The van der Waals surface area contributed by atoms with Crippen LogP contribution in [0, 0.1) is 5.82 Å². The molecule has 0 N–H and O–H groups in total. The third-order valence-corrected chi connectivity index (χ3v) is 6.16. The number of likely N-dealkylation sites (tertiary alicyclic amines) is 1. The average molecular weight is 433 g/mol. The Labute approximate surface area is 189 Å². The van der Waals surface area contributed by atoms with Crippen molar-refractivity contribution in [2.75, 3.05) is 20.2 Å². The zero-order chi connectivity index (χ0) is 22.3. The monoisotopic (exact) mass is 432 g/mol. The van der Waals surface area contributed by atoms with E-state index in [2.05, 4.69) is 6.07 Å². The van der Waals surface area contributed by atoms with Crippen molar-refractivity contribution in [3.63, 3.8) is 0 Å². The third kappa shape index (κ3) is 5.72. The van der Waals surface area contributed by atoms with Crippen molar-refractivity contribution in [2.24, 2.45) is 0 Å². The number of benzene rings is 2. The van der Waals surface area contributed by atoms with Gasteiger partial charge in [0.2, 0.25) is 5.91 Å². The van der Waals surface area contributed by atoms with Gasteiger partial charge in [-0.25, -0.2) is 4.39 Å². The number of piperidine rings is 1. The van der Waals surface area contributed by atoms with Crippen LogP contribution in [0.2, 0.25) is 0 Å². The van der Waals surface area contributed by atoms with Gasteiger partial charge < -0.3 is 9.64 Å². The van der Waals surface area contributed by atoms with Crippen LogP contribution in [0.3, 0.4) is 0 Å². The van der Waals surface area contributed by atoms with Crippen LogP contribution in [0.15, 0.2) is 66.7 Å². The van der Waals surface area contributed by atoms with Gasteiger partial charge in [0.15, 0.2) is 0 Å². The van der Waals surface area contributed by atoms with E-state index in [1.54, 1.807) is 19.2 Å². The maximum absolute atomic E-state index is 13.5. The Kier molecular flexibility index (Phi) is 7.15. The van der Waals surface area contributed by atoms with Crippen LogP contribution >= 0.6 is 0 Å². The third-order valence-electron chi connectivity index (χ3n) is 6.16. The van der Waals surface area contributed by atoms with E-state index < -0.39 is 0 Å². The van der Waals surface area contributed by atoms with E-state index in [1.165, 1.54) is 6.07 Å². The van der Waals surface area contributed by atoms with Gasteiger partial charge >= 0.3 is 0 Å². The molecule has 0 saturated carbocycles. The lowest BCUT2D eigenvalue weighted by Crippen LogP contribution is -2.38. The van der Waals surface area contributed by atoms with E-state index in [0.717, 1.165) is 60.6 Å². The normalized spacial score (nSPS) is 14.4. The number of carbonyl (C=O) groups excluding carboxylic acids is 1. The number of aryl methyl sites for hydroxylation is 1. The molecule has 0 aliphatic carbocycles. The van der Waals surface area contributed by atoms with Gasteiger partial charge in [-0.3, -0.25) is 9.78 Å². The zero-order valence-corrected chi connectivity index (χ0v) is 18.5. The molecule has 5 heteroatoms. The molecule has 1 fully saturated rings. The van der Waals surface area contributed by atoms with Gasteiger partial charge in [-0.1, -0.05) is 30.3 Å². The van der Waals surface area contributed by atoms with Crippen molar-refractivity contribution in [3.8, 4) is 5.75 Å². The van der Waals surface area contributed by atoms with Crippen molar-refractivity contribution in [1.29, 1.82) is 0 Å². The van der Waals surface area contributed by atoms with Crippen molar-refractivity contribution < 1.29 is 13.9 Å². The highest BCUT2D eigenvalue weighted by Gasteiger charge is 2.24. The number of carbonyl (C=O) groups is 1. The number of ether oxygens (including phenoxy) is 1. The lowest BCUT2D eigenvalue weighted by molar-refractivity contribution is -0.132. The molecule has 0 radical (unpaired) electrons. The Balaban J connectivity index is 1.28. The van der Waals surface area contributed by atoms with Gasteiger partial charge in [-0.15, -0.1) is 0 Å². The van der Waals surface area contributed by atoms with Gasteiger partial charge in [-0.2, -0.15) is 0 Å². The first-order valence-electron chi connectivity index (χ1n) is 11.2. The van der Waals surface area contributed by atoms with Gasteiger partial charge in [0.05, 0.1) is 7.11 Å².